The van der Waals surface area contributed by atoms with E-state index in [9.17, 15) is 0 Å². The predicted octanol–water partition coefficient (Wildman–Crippen LogP) is 2.68. The van der Waals surface area contributed by atoms with Crippen molar-refractivity contribution in [2.24, 2.45) is 10.7 Å². The molecule has 2 rings (SSSR count). The average Bonchev–Trinajstić information content (AvgIpc) is 2.69. The first kappa shape index (κ1) is 12.9. The van der Waals surface area contributed by atoms with Gasteiger partial charge in [0.1, 0.15) is 0 Å². The number of hydrogen-bond acceptors (Lipinski definition) is 3. The van der Waals surface area contributed by atoms with Crippen molar-refractivity contribution < 1.29 is 0 Å². The van der Waals surface area contributed by atoms with Crippen LogP contribution < -0.4 is 5.73 Å². The van der Waals surface area contributed by atoms with Crippen molar-refractivity contribution in [1.82, 2.24) is 4.90 Å². The molecular weight excluding hydrogens is 222 g/mol. The van der Waals surface area contributed by atoms with Crippen LogP contribution in [0.2, 0.25) is 0 Å². The summed E-state index contributed by atoms with van der Waals surface area (Å²) in [6.45, 7) is 10.5. The number of rotatable bonds is 2. The summed E-state index contributed by atoms with van der Waals surface area (Å²) in [5.41, 5.74) is 8.76. The van der Waals surface area contributed by atoms with Gasteiger partial charge >= 0.3 is 0 Å². The zero-order valence-electron chi connectivity index (χ0n) is 11.8. The Labute approximate surface area is 110 Å². The fraction of sp³-hybridized carbons (Fsp3) is 0.533. The minimum atomic E-state index is 0.203. The lowest BCUT2D eigenvalue weighted by Crippen LogP contribution is -2.35. The van der Waals surface area contributed by atoms with Crippen LogP contribution in [0.25, 0.3) is 0 Å². The lowest BCUT2D eigenvalue weighted by atomic mass is 9.86. The highest BCUT2D eigenvalue weighted by molar-refractivity contribution is 5.80. The van der Waals surface area contributed by atoms with E-state index in [4.69, 9.17) is 5.73 Å². The molecule has 3 heteroatoms. The molecule has 1 aromatic carbocycles. The van der Waals surface area contributed by atoms with Crippen LogP contribution in [0.1, 0.15) is 44.9 Å². The van der Waals surface area contributed by atoms with Crippen molar-refractivity contribution in [2.75, 3.05) is 13.1 Å². The number of hydrogen-bond donors (Lipinski definition) is 1. The lowest BCUT2D eigenvalue weighted by molar-refractivity contribution is 0.364. The van der Waals surface area contributed by atoms with E-state index in [0.29, 0.717) is 12.0 Å². The number of guanidine groups is 1. The molecule has 98 valence electrons. The van der Waals surface area contributed by atoms with Gasteiger partial charge in [-0.3, -0.25) is 4.99 Å². The number of benzene rings is 1. The Bertz CT molecular complexity index is 440. The SMILES string of the molecule is CCN1C(N)=NCC1c1ccc(C(C)(C)C)cc1. The third kappa shape index (κ3) is 2.35. The molecule has 1 aromatic rings. The summed E-state index contributed by atoms with van der Waals surface area (Å²) in [7, 11) is 0. The van der Waals surface area contributed by atoms with Crippen LogP contribution in [0.5, 0.6) is 0 Å². The van der Waals surface area contributed by atoms with Gasteiger partial charge in [-0.15, -0.1) is 0 Å². The van der Waals surface area contributed by atoms with Crippen molar-refractivity contribution >= 4 is 5.96 Å². The summed E-state index contributed by atoms with van der Waals surface area (Å²) < 4.78 is 0. The first-order chi connectivity index (χ1) is 8.43. The molecule has 1 unspecified atom stereocenters. The molecule has 0 fully saturated rings. The summed E-state index contributed by atoms with van der Waals surface area (Å²) in [5, 5.41) is 0. The Morgan fingerprint density at radius 2 is 1.89 bits per heavy atom. The van der Waals surface area contributed by atoms with E-state index in [0.717, 1.165) is 13.1 Å². The van der Waals surface area contributed by atoms with Gasteiger partial charge < -0.3 is 10.6 Å². The largest absolute Gasteiger partial charge is 0.370 e. The van der Waals surface area contributed by atoms with Crippen molar-refractivity contribution in [3.63, 3.8) is 0 Å². The molecule has 18 heavy (non-hydrogen) atoms. The van der Waals surface area contributed by atoms with Gasteiger partial charge in [0.15, 0.2) is 5.96 Å². The first-order valence-corrected chi connectivity index (χ1v) is 6.60. The van der Waals surface area contributed by atoms with Gasteiger partial charge in [0.25, 0.3) is 0 Å². The fourth-order valence-corrected chi connectivity index (χ4v) is 2.40. The van der Waals surface area contributed by atoms with Gasteiger partial charge in [0.2, 0.25) is 0 Å². The Balaban J connectivity index is 2.21. The normalized spacial score (nSPS) is 20.1. The molecule has 1 aliphatic heterocycles. The van der Waals surface area contributed by atoms with Crippen LogP contribution in [-0.2, 0) is 5.41 Å². The van der Waals surface area contributed by atoms with Gasteiger partial charge in [-0.05, 0) is 23.5 Å². The van der Waals surface area contributed by atoms with Gasteiger partial charge in [-0.2, -0.15) is 0 Å². The number of aliphatic imine (C=N–C) groups is 1. The Kier molecular flexibility index (Phi) is 3.33. The highest BCUT2D eigenvalue weighted by atomic mass is 15.3. The molecule has 0 spiro atoms. The summed E-state index contributed by atoms with van der Waals surface area (Å²) in [5.74, 6) is 0.669. The number of nitrogens with two attached hydrogens (primary N) is 1. The van der Waals surface area contributed by atoms with Gasteiger partial charge in [0, 0.05) is 6.54 Å². The van der Waals surface area contributed by atoms with E-state index in [1.54, 1.807) is 0 Å². The minimum Gasteiger partial charge on any atom is -0.370 e. The minimum absolute atomic E-state index is 0.203. The highest BCUT2D eigenvalue weighted by Gasteiger charge is 2.26. The molecule has 0 radical (unpaired) electrons. The first-order valence-electron chi connectivity index (χ1n) is 6.60. The second-order valence-electron chi connectivity index (χ2n) is 5.87. The van der Waals surface area contributed by atoms with Crippen LogP contribution in [0.3, 0.4) is 0 Å². The second-order valence-corrected chi connectivity index (χ2v) is 5.87. The molecule has 1 atom stereocenters. The molecule has 0 saturated heterocycles. The van der Waals surface area contributed by atoms with E-state index in [1.165, 1.54) is 11.1 Å². The third-order valence-electron chi connectivity index (χ3n) is 3.60. The second kappa shape index (κ2) is 4.63. The molecule has 3 nitrogen and oxygen atoms in total. The smallest absolute Gasteiger partial charge is 0.191 e. The molecule has 0 amide bonds. The zero-order valence-corrected chi connectivity index (χ0v) is 11.8. The van der Waals surface area contributed by atoms with E-state index in [2.05, 4.69) is 61.9 Å². The monoisotopic (exact) mass is 245 g/mol. The lowest BCUT2D eigenvalue weighted by Gasteiger charge is -2.26. The Morgan fingerprint density at radius 1 is 1.28 bits per heavy atom. The average molecular weight is 245 g/mol. The highest BCUT2D eigenvalue weighted by Crippen LogP contribution is 2.28. The summed E-state index contributed by atoms with van der Waals surface area (Å²) >= 11 is 0. The van der Waals surface area contributed by atoms with E-state index >= 15 is 0 Å². The van der Waals surface area contributed by atoms with Gasteiger partial charge in [-0.25, -0.2) is 0 Å². The standard InChI is InChI=1S/C15H23N3/c1-5-18-13(10-17-14(18)16)11-6-8-12(9-7-11)15(2,3)4/h6-9,13H,5,10H2,1-4H3,(H2,16,17). The number of nitrogens with zero attached hydrogens (tertiary/aromatic N) is 2. The van der Waals surface area contributed by atoms with Crippen molar-refractivity contribution in [2.45, 2.75) is 39.2 Å². The third-order valence-corrected chi connectivity index (χ3v) is 3.60. The van der Waals surface area contributed by atoms with E-state index in [1.807, 2.05) is 0 Å². The maximum absolute atomic E-state index is 5.89. The summed E-state index contributed by atoms with van der Waals surface area (Å²) in [4.78, 5) is 6.50. The number of likely N-dealkylation sites (N-methyl/N-ethyl adjacent to an activating group) is 1. The van der Waals surface area contributed by atoms with E-state index < -0.39 is 0 Å². The molecule has 0 aliphatic carbocycles. The Morgan fingerprint density at radius 3 is 2.39 bits per heavy atom. The summed E-state index contributed by atoms with van der Waals surface area (Å²) in [6.07, 6.45) is 0. The van der Waals surface area contributed by atoms with Crippen molar-refractivity contribution in [3.8, 4) is 0 Å². The van der Waals surface area contributed by atoms with Crippen molar-refractivity contribution in [3.05, 3.63) is 35.4 Å². The maximum atomic E-state index is 5.89. The molecule has 1 aliphatic rings. The zero-order chi connectivity index (χ0) is 13.3. The van der Waals surface area contributed by atoms with E-state index in [-0.39, 0.29) is 5.41 Å². The topological polar surface area (TPSA) is 41.6 Å². The molecule has 0 aromatic heterocycles. The fourth-order valence-electron chi connectivity index (χ4n) is 2.40. The predicted molar refractivity (Wildman–Crippen MR) is 76.8 cm³/mol. The summed E-state index contributed by atoms with van der Waals surface area (Å²) in [6, 6.07) is 9.17. The van der Waals surface area contributed by atoms with Crippen LogP contribution in [-0.4, -0.2) is 23.9 Å². The molecule has 2 N–H and O–H groups in total. The molecule has 0 bridgehead atoms. The van der Waals surface area contributed by atoms with Crippen LogP contribution >= 0.6 is 0 Å². The Hall–Kier alpha value is -1.51. The van der Waals surface area contributed by atoms with Crippen LogP contribution in [0.4, 0.5) is 0 Å². The maximum Gasteiger partial charge on any atom is 0.191 e. The molecule has 0 saturated carbocycles. The quantitative estimate of drug-likeness (QED) is 0.870. The van der Waals surface area contributed by atoms with Crippen LogP contribution in [0, 0.1) is 0 Å². The van der Waals surface area contributed by atoms with Crippen molar-refractivity contribution in [1.29, 1.82) is 0 Å². The molecule has 1 heterocycles. The molecular formula is C15H23N3. The van der Waals surface area contributed by atoms with Crippen LogP contribution in [0.15, 0.2) is 29.3 Å². The van der Waals surface area contributed by atoms with Gasteiger partial charge in [-0.1, -0.05) is 45.0 Å². The van der Waals surface area contributed by atoms with Gasteiger partial charge in [0.05, 0.1) is 12.6 Å².